The minimum absolute atomic E-state index is 0.151. The number of amides is 1. The summed E-state index contributed by atoms with van der Waals surface area (Å²) in [5, 5.41) is 22.7. The Hall–Kier alpha value is -2.83. The molecule has 27 heavy (non-hydrogen) atoms. The SMILES string of the molecule is Cc1cc(CCN(CCO)C(=O)c2ccc(Br)c(C#N)c2)n2ncnc2n1. The van der Waals surface area contributed by atoms with Gasteiger partial charge in [0.2, 0.25) is 0 Å². The summed E-state index contributed by atoms with van der Waals surface area (Å²) in [6.45, 7) is 2.30. The number of carbonyl (C=O) groups excluding carboxylic acids is 1. The largest absolute Gasteiger partial charge is 0.395 e. The second-order valence-corrected chi connectivity index (χ2v) is 6.79. The molecule has 0 saturated heterocycles. The molecule has 1 amide bonds. The van der Waals surface area contributed by atoms with E-state index in [-0.39, 0.29) is 19.1 Å². The maximum atomic E-state index is 12.9. The molecule has 2 aromatic heterocycles. The Balaban J connectivity index is 1.82. The molecule has 0 unspecified atom stereocenters. The van der Waals surface area contributed by atoms with E-state index in [0.29, 0.717) is 34.3 Å². The molecule has 1 N–H and O–H groups in total. The van der Waals surface area contributed by atoms with Crippen LogP contribution >= 0.6 is 15.9 Å². The number of carbonyl (C=O) groups is 1. The summed E-state index contributed by atoms with van der Waals surface area (Å²) in [7, 11) is 0. The van der Waals surface area contributed by atoms with Crippen LogP contribution in [-0.2, 0) is 6.42 Å². The van der Waals surface area contributed by atoms with Gasteiger partial charge in [0.25, 0.3) is 11.7 Å². The molecule has 3 rings (SSSR count). The van der Waals surface area contributed by atoms with Gasteiger partial charge >= 0.3 is 0 Å². The number of nitriles is 1. The molecule has 0 radical (unpaired) electrons. The molecule has 0 aliphatic heterocycles. The van der Waals surface area contributed by atoms with E-state index in [0.717, 1.165) is 11.4 Å². The Kier molecular flexibility index (Phi) is 5.78. The Morgan fingerprint density at radius 1 is 1.37 bits per heavy atom. The van der Waals surface area contributed by atoms with Crippen molar-refractivity contribution >= 4 is 27.6 Å². The van der Waals surface area contributed by atoms with Crippen molar-refractivity contribution < 1.29 is 9.90 Å². The van der Waals surface area contributed by atoms with E-state index in [1.807, 2.05) is 13.0 Å². The third-order valence-corrected chi connectivity index (χ3v) is 4.77. The van der Waals surface area contributed by atoms with E-state index < -0.39 is 0 Å². The molecule has 0 fully saturated rings. The highest BCUT2D eigenvalue weighted by molar-refractivity contribution is 9.10. The lowest BCUT2D eigenvalue weighted by atomic mass is 10.1. The molecule has 9 heteroatoms. The summed E-state index contributed by atoms with van der Waals surface area (Å²) in [4.78, 5) is 22.8. The van der Waals surface area contributed by atoms with Crippen LogP contribution in [0.4, 0.5) is 0 Å². The summed E-state index contributed by atoms with van der Waals surface area (Å²) >= 11 is 3.29. The summed E-state index contributed by atoms with van der Waals surface area (Å²) in [6.07, 6.45) is 1.96. The Bertz CT molecular complexity index is 1030. The van der Waals surface area contributed by atoms with Gasteiger partial charge in [0.1, 0.15) is 12.4 Å². The molecule has 138 valence electrons. The van der Waals surface area contributed by atoms with Crippen LogP contribution in [0.3, 0.4) is 0 Å². The van der Waals surface area contributed by atoms with Gasteiger partial charge in [-0.1, -0.05) is 0 Å². The van der Waals surface area contributed by atoms with Crippen LogP contribution in [0.15, 0.2) is 35.1 Å². The molecular formula is C18H17BrN6O2. The number of benzene rings is 1. The Morgan fingerprint density at radius 2 is 2.19 bits per heavy atom. The first-order valence-corrected chi connectivity index (χ1v) is 9.09. The summed E-state index contributed by atoms with van der Waals surface area (Å²) < 4.78 is 2.28. The summed E-state index contributed by atoms with van der Waals surface area (Å²) in [6, 6.07) is 8.83. The second kappa shape index (κ2) is 8.24. The predicted molar refractivity (Wildman–Crippen MR) is 101 cm³/mol. The number of aromatic nitrogens is 4. The first-order valence-electron chi connectivity index (χ1n) is 8.29. The van der Waals surface area contributed by atoms with Crippen molar-refractivity contribution in [3.63, 3.8) is 0 Å². The molecule has 8 nitrogen and oxygen atoms in total. The number of nitrogens with zero attached hydrogens (tertiary/aromatic N) is 6. The van der Waals surface area contributed by atoms with Crippen LogP contribution in [-0.4, -0.2) is 55.2 Å². The van der Waals surface area contributed by atoms with E-state index in [9.17, 15) is 9.90 Å². The van der Waals surface area contributed by atoms with Gasteiger partial charge in [-0.15, -0.1) is 0 Å². The van der Waals surface area contributed by atoms with E-state index in [4.69, 9.17) is 5.26 Å². The monoisotopic (exact) mass is 428 g/mol. The number of rotatable bonds is 6. The first-order chi connectivity index (χ1) is 13.0. The average molecular weight is 429 g/mol. The van der Waals surface area contributed by atoms with Crippen LogP contribution in [0, 0.1) is 18.3 Å². The highest BCUT2D eigenvalue weighted by Crippen LogP contribution is 2.18. The first kappa shape index (κ1) is 18.9. The molecule has 2 heterocycles. The smallest absolute Gasteiger partial charge is 0.253 e. The van der Waals surface area contributed by atoms with Crippen molar-refractivity contribution in [1.29, 1.82) is 5.26 Å². The minimum Gasteiger partial charge on any atom is -0.395 e. The van der Waals surface area contributed by atoms with Crippen molar-refractivity contribution in [3.8, 4) is 6.07 Å². The van der Waals surface area contributed by atoms with E-state index in [1.54, 1.807) is 27.6 Å². The van der Waals surface area contributed by atoms with Crippen molar-refractivity contribution in [2.24, 2.45) is 0 Å². The van der Waals surface area contributed by atoms with E-state index in [2.05, 4.69) is 37.1 Å². The van der Waals surface area contributed by atoms with Crippen LogP contribution in [0.5, 0.6) is 0 Å². The van der Waals surface area contributed by atoms with E-state index in [1.165, 1.54) is 6.33 Å². The third kappa shape index (κ3) is 4.13. The maximum Gasteiger partial charge on any atom is 0.253 e. The number of halogens is 1. The predicted octanol–water partition coefficient (Wildman–Crippen LogP) is 1.74. The van der Waals surface area contributed by atoms with Gasteiger partial charge in [0.05, 0.1) is 12.2 Å². The van der Waals surface area contributed by atoms with Gasteiger partial charge in [0, 0.05) is 40.9 Å². The molecular weight excluding hydrogens is 412 g/mol. The molecule has 0 saturated carbocycles. The highest BCUT2D eigenvalue weighted by Gasteiger charge is 2.17. The van der Waals surface area contributed by atoms with Crippen molar-refractivity contribution in [2.75, 3.05) is 19.7 Å². The lowest BCUT2D eigenvalue weighted by molar-refractivity contribution is 0.0723. The maximum absolute atomic E-state index is 12.9. The normalized spacial score (nSPS) is 10.7. The highest BCUT2D eigenvalue weighted by atomic mass is 79.9. The number of aryl methyl sites for hydroxylation is 1. The lowest BCUT2D eigenvalue weighted by Gasteiger charge is -2.22. The van der Waals surface area contributed by atoms with Gasteiger partial charge < -0.3 is 10.0 Å². The summed E-state index contributed by atoms with van der Waals surface area (Å²) in [5.41, 5.74) is 2.48. The van der Waals surface area contributed by atoms with Crippen molar-refractivity contribution in [3.05, 3.63) is 57.6 Å². The fraction of sp³-hybridized carbons (Fsp3) is 0.278. The zero-order valence-electron chi connectivity index (χ0n) is 14.6. The summed E-state index contributed by atoms with van der Waals surface area (Å²) in [5.74, 6) is 0.269. The molecule has 0 aliphatic rings. The van der Waals surface area contributed by atoms with E-state index >= 15 is 0 Å². The fourth-order valence-corrected chi connectivity index (χ4v) is 3.13. The fourth-order valence-electron chi connectivity index (χ4n) is 2.80. The third-order valence-electron chi connectivity index (χ3n) is 4.08. The van der Waals surface area contributed by atoms with Gasteiger partial charge in [-0.2, -0.15) is 15.3 Å². The zero-order valence-corrected chi connectivity index (χ0v) is 16.2. The minimum atomic E-state index is -0.242. The van der Waals surface area contributed by atoms with Gasteiger partial charge in [0.15, 0.2) is 0 Å². The van der Waals surface area contributed by atoms with Gasteiger partial charge in [-0.05, 0) is 47.1 Å². The number of fused-ring (bicyclic) bond motifs is 1. The second-order valence-electron chi connectivity index (χ2n) is 5.93. The van der Waals surface area contributed by atoms with Gasteiger partial charge in [-0.3, -0.25) is 4.79 Å². The molecule has 0 spiro atoms. The van der Waals surface area contributed by atoms with Gasteiger partial charge in [-0.25, -0.2) is 9.50 Å². The van der Waals surface area contributed by atoms with Crippen molar-refractivity contribution in [2.45, 2.75) is 13.3 Å². The Morgan fingerprint density at radius 3 is 2.93 bits per heavy atom. The standard InChI is InChI=1S/C18H17BrN6O2/c1-12-8-15(25-18(23-12)21-11-22-25)4-5-24(6-7-26)17(27)13-2-3-16(19)14(9-13)10-20/h2-3,8-9,11,26H,4-7H2,1H3. The van der Waals surface area contributed by atoms with Crippen LogP contribution in [0.1, 0.15) is 27.3 Å². The number of hydrogen-bond donors (Lipinski definition) is 1. The average Bonchev–Trinajstić information content (AvgIpc) is 3.13. The molecule has 0 aliphatic carbocycles. The number of aliphatic hydroxyl groups excluding tert-OH is 1. The number of hydrogen-bond acceptors (Lipinski definition) is 6. The topological polar surface area (TPSA) is 107 Å². The van der Waals surface area contributed by atoms with Crippen LogP contribution < -0.4 is 0 Å². The molecule has 0 atom stereocenters. The quantitative estimate of drug-likeness (QED) is 0.640. The van der Waals surface area contributed by atoms with Crippen LogP contribution in [0.2, 0.25) is 0 Å². The van der Waals surface area contributed by atoms with Crippen LogP contribution in [0.25, 0.3) is 5.78 Å². The zero-order chi connectivity index (χ0) is 19.4. The van der Waals surface area contributed by atoms with Crippen molar-refractivity contribution in [1.82, 2.24) is 24.5 Å². The molecule has 3 aromatic rings. The molecule has 1 aromatic carbocycles. The lowest BCUT2D eigenvalue weighted by Crippen LogP contribution is -2.35. The number of aliphatic hydroxyl groups is 1. The molecule has 0 bridgehead atoms. The Labute approximate surface area is 164 Å².